The molecule has 0 spiro atoms. The number of hydrogen-bond acceptors (Lipinski definition) is 4. The van der Waals surface area contributed by atoms with E-state index in [4.69, 9.17) is 0 Å². The fourth-order valence-corrected chi connectivity index (χ4v) is 3.08. The van der Waals surface area contributed by atoms with Gasteiger partial charge in [0.15, 0.2) is 17.3 Å². The predicted octanol–water partition coefficient (Wildman–Crippen LogP) is 3.94. The molecular formula is C17H22O3S. The summed E-state index contributed by atoms with van der Waals surface area (Å²) in [5.74, 6) is -0.0775. The molecule has 3 nitrogen and oxygen atoms in total. The highest BCUT2D eigenvalue weighted by molar-refractivity contribution is 8.01. The second kappa shape index (κ2) is 8.13. The number of hydrogen-bond donors (Lipinski definition) is 0. The Hall–Kier alpha value is -1.42. The maximum Gasteiger partial charge on any atom is 0.165 e. The van der Waals surface area contributed by atoms with Crippen LogP contribution in [-0.4, -0.2) is 22.6 Å². The van der Waals surface area contributed by atoms with Gasteiger partial charge in [0.1, 0.15) is 5.25 Å². The minimum Gasteiger partial charge on any atom is -0.298 e. The molecule has 0 aliphatic heterocycles. The summed E-state index contributed by atoms with van der Waals surface area (Å²) in [4.78, 5) is 35.9. The highest BCUT2D eigenvalue weighted by atomic mass is 32.2. The zero-order chi connectivity index (χ0) is 16.0. The van der Waals surface area contributed by atoms with Crippen LogP contribution >= 0.6 is 11.8 Å². The minimum atomic E-state index is -0.661. The van der Waals surface area contributed by atoms with E-state index in [0.717, 1.165) is 17.7 Å². The molecule has 0 saturated heterocycles. The van der Waals surface area contributed by atoms with Crippen LogP contribution in [-0.2, 0) is 9.59 Å². The van der Waals surface area contributed by atoms with Crippen molar-refractivity contribution in [3.63, 3.8) is 0 Å². The third kappa shape index (κ3) is 4.81. The van der Waals surface area contributed by atoms with Crippen LogP contribution in [0.3, 0.4) is 0 Å². The Morgan fingerprint density at radius 1 is 0.952 bits per heavy atom. The van der Waals surface area contributed by atoms with Gasteiger partial charge in [-0.2, -0.15) is 0 Å². The average Bonchev–Trinajstić information content (AvgIpc) is 2.45. The standard InChI is InChI=1S/C17H22O3S/c1-5-13(6-2)16(20)14-7-9-15(10-8-14)21-17(11(3)18)12(4)19/h7-10,13,17H,5-6H2,1-4H3. The molecule has 1 aromatic rings. The van der Waals surface area contributed by atoms with Crippen molar-refractivity contribution >= 4 is 29.1 Å². The van der Waals surface area contributed by atoms with Crippen molar-refractivity contribution in [2.45, 2.75) is 50.7 Å². The minimum absolute atomic E-state index is 0.0608. The van der Waals surface area contributed by atoms with Crippen LogP contribution in [0.1, 0.15) is 50.9 Å². The summed E-state index contributed by atoms with van der Waals surface area (Å²) >= 11 is 1.23. The van der Waals surface area contributed by atoms with Gasteiger partial charge in [-0.1, -0.05) is 26.0 Å². The van der Waals surface area contributed by atoms with E-state index in [1.165, 1.54) is 25.6 Å². The van der Waals surface area contributed by atoms with Gasteiger partial charge in [0.2, 0.25) is 0 Å². The average molecular weight is 306 g/mol. The van der Waals surface area contributed by atoms with Gasteiger partial charge in [0.25, 0.3) is 0 Å². The van der Waals surface area contributed by atoms with Crippen LogP contribution < -0.4 is 0 Å². The Kier molecular flexibility index (Phi) is 6.82. The van der Waals surface area contributed by atoms with Gasteiger partial charge < -0.3 is 0 Å². The Morgan fingerprint density at radius 2 is 1.43 bits per heavy atom. The van der Waals surface area contributed by atoms with Crippen molar-refractivity contribution in [1.82, 2.24) is 0 Å². The molecule has 0 radical (unpaired) electrons. The lowest BCUT2D eigenvalue weighted by Crippen LogP contribution is -2.22. The van der Waals surface area contributed by atoms with Gasteiger partial charge in [-0.15, -0.1) is 11.8 Å². The number of carbonyl (C=O) groups is 3. The van der Waals surface area contributed by atoms with Gasteiger partial charge in [0.05, 0.1) is 0 Å². The second-order valence-electron chi connectivity index (χ2n) is 5.12. The van der Waals surface area contributed by atoms with E-state index in [2.05, 4.69) is 0 Å². The number of Topliss-reactive ketones (excluding diaryl/α,β-unsaturated/α-hetero) is 3. The summed E-state index contributed by atoms with van der Waals surface area (Å²) in [5.41, 5.74) is 0.690. The third-order valence-electron chi connectivity index (χ3n) is 3.49. The van der Waals surface area contributed by atoms with Crippen LogP contribution in [0, 0.1) is 5.92 Å². The summed E-state index contributed by atoms with van der Waals surface area (Å²) in [5, 5.41) is -0.661. The van der Waals surface area contributed by atoms with E-state index in [9.17, 15) is 14.4 Å². The lowest BCUT2D eigenvalue weighted by Gasteiger charge is -2.12. The zero-order valence-electron chi connectivity index (χ0n) is 13.0. The lowest BCUT2D eigenvalue weighted by atomic mass is 9.93. The van der Waals surface area contributed by atoms with Crippen molar-refractivity contribution in [3.8, 4) is 0 Å². The summed E-state index contributed by atoms with van der Waals surface area (Å²) in [6.07, 6.45) is 1.67. The molecule has 1 aromatic carbocycles. The first-order valence-electron chi connectivity index (χ1n) is 7.22. The van der Waals surface area contributed by atoms with Gasteiger partial charge in [-0.05, 0) is 38.8 Å². The molecule has 0 aromatic heterocycles. The van der Waals surface area contributed by atoms with Gasteiger partial charge in [-0.3, -0.25) is 14.4 Å². The number of benzene rings is 1. The Balaban J connectivity index is 2.85. The van der Waals surface area contributed by atoms with Crippen molar-refractivity contribution in [2.24, 2.45) is 5.92 Å². The summed E-state index contributed by atoms with van der Waals surface area (Å²) in [6.45, 7) is 6.87. The molecule has 0 heterocycles. The Bertz CT molecular complexity index is 501. The molecule has 0 amide bonds. The fourth-order valence-electron chi connectivity index (χ4n) is 2.18. The first kappa shape index (κ1) is 17.6. The molecule has 114 valence electrons. The molecule has 0 saturated carbocycles. The van der Waals surface area contributed by atoms with Crippen LogP contribution in [0.15, 0.2) is 29.2 Å². The van der Waals surface area contributed by atoms with E-state index >= 15 is 0 Å². The molecule has 1 rings (SSSR count). The van der Waals surface area contributed by atoms with E-state index in [1.54, 1.807) is 24.3 Å². The Morgan fingerprint density at radius 3 is 1.81 bits per heavy atom. The molecule has 0 unspecified atom stereocenters. The topological polar surface area (TPSA) is 51.2 Å². The van der Waals surface area contributed by atoms with E-state index in [-0.39, 0.29) is 23.3 Å². The number of thioether (sulfide) groups is 1. The fraction of sp³-hybridized carbons (Fsp3) is 0.471. The Labute approximate surface area is 130 Å². The molecule has 0 bridgehead atoms. The second-order valence-corrected chi connectivity index (χ2v) is 6.30. The van der Waals surface area contributed by atoms with Crippen molar-refractivity contribution in [2.75, 3.05) is 0 Å². The zero-order valence-corrected chi connectivity index (χ0v) is 13.8. The normalized spacial score (nSPS) is 11.0. The number of rotatable bonds is 8. The smallest absolute Gasteiger partial charge is 0.165 e. The first-order chi connectivity index (χ1) is 9.90. The first-order valence-corrected chi connectivity index (χ1v) is 8.10. The maximum atomic E-state index is 12.2. The van der Waals surface area contributed by atoms with Crippen LogP contribution in [0.4, 0.5) is 0 Å². The lowest BCUT2D eigenvalue weighted by molar-refractivity contribution is -0.123. The SMILES string of the molecule is CCC(CC)C(=O)c1ccc(SC(C(C)=O)C(C)=O)cc1. The van der Waals surface area contributed by atoms with E-state index in [0.29, 0.717) is 5.56 Å². The van der Waals surface area contributed by atoms with E-state index in [1.807, 2.05) is 13.8 Å². The van der Waals surface area contributed by atoms with Crippen LogP contribution in [0.25, 0.3) is 0 Å². The molecule has 4 heteroatoms. The number of carbonyl (C=O) groups excluding carboxylic acids is 3. The highest BCUT2D eigenvalue weighted by Crippen LogP contribution is 2.26. The molecule has 0 N–H and O–H groups in total. The molecule has 0 atom stereocenters. The van der Waals surface area contributed by atoms with Crippen molar-refractivity contribution < 1.29 is 14.4 Å². The molecule has 0 aliphatic carbocycles. The third-order valence-corrected chi connectivity index (χ3v) is 4.93. The monoisotopic (exact) mass is 306 g/mol. The molecule has 0 aliphatic rings. The molecular weight excluding hydrogens is 284 g/mol. The summed E-state index contributed by atoms with van der Waals surface area (Å²) in [7, 11) is 0. The van der Waals surface area contributed by atoms with Gasteiger partial charge >= 0.3 is 0 Å². The van der Waals surface area contributed by atoms with Gasteiger partial charge in [0, 0.05) is 16.4 Å². The maximum absolute atomic E-state index is 12.2. The molecule has 21 heavy (non-hydrogen) atoms. The highest BCUT2D eigenvalue weighted by Gasteiger charge is 2.21. The predicted molar refractivity (Wildman–Crippen MR) is 85.9 cm³/mol. The van der Waals surface area contributed by atoms with E-state index < -0.39 is 5.25 Å². The van der Waals surface area contributed by atoms with Crippen molar-refractivity contribution in [3.05, 3.63) is 29.8 Å². The van der Waals surface area contributed by atoms with Crippen LogP contribution in [0.5, 0.6) is 0 Å². The number of ketones is 3. The van der Waals surface area contributed by atoms with Crippen molar-refractivity contribution in [1.29, 1.82) is 0 Å². The summed E-state index contributed by atoms with van der Waals surface area (Å²) in [6, 6.07) is 7.17. The summed E-state index contributed by atoms with van der Waals surface area (Å²) < 4.78 is 0. The van der Waals surface area contributed by atoms with Gasteiger partial charge in [-0.25, -0.2) is 0 Å². The quantitative estimate of drug-likeness (QED) is 0.414. The van der Waals surface area contributed by atoms with Crippen LogP contribution in [0.2, 0.25) is 0 Å². The molecule has 0 fully saturated rings. The largest absolute Gasteiger partial charge is 0.298 e.